The highest BCUT2D eigenvalue weighted by molar-refractivity contribution is 7.79. The van der Waals surface area contributed by atoms with E-state index in [1.165, 1.54) is 19.3 Å². The molecule has 3 heteroatoms. The first-order valence-corrected chi connectivity index (χ1v) is 8.55. The lowest BCUT2D eigenvalue weighted by Gasteiger charge is -2.39. The Labute approximate surface area is 132 Å². The van der Waals surface area contributed by atoms with E-state index in [-0.39, 0.29) is 0 Å². The molecule has 0 bridgehead atoms. The minimum absolute atomic E-state index is 0.359. The molecule has 0 radical (unpaired) electrons. The molecule has 1 aliphatic rings. The van der Waals surface area contributed by atoms with E-state index in [1.807, 2.05) is 24.3 Å². The molecule has 0 amide bonds. The zero-order chi connectivity index (χ0) is 14.4. The van der Waals surface area contributed by atoms with E-state index in [0.29, 0.717) is 11.8 Å². The highest BCUT2D eigenvalue weighted by atomic mass is 35.5. The van der Waals surface area contributed by atoms with E-state index in [9.17, 15) is 5.11 Å². The summed E-state index contributed by atoms with van der Waals surface area (Å²) in [6.07, 6.45) is 7.59. The van der Waals surface area contributed by atoms with Crippen LogP contribution in [0.15, 0.2) is 24.3 Å². The SMILES string of the molecule is OC(CCCCl)(c1ccc(C=S)cc1)C1CCCCC1. The van der Waals surface area contributed by atoms with Crippen LogP contribution in [0.4, 0.5) is 0 Å². The van der Waals surface area contributed by atoms with Crippen LogP contribution in [-0.4, -0.2) is 16.4 Å². The first kappa shape index (κ1) is 15.9. The molecule has 2 rings (SSSR count). The average Bonchev–Trinajstić information content (AvgIpc) is 2.53. The van der Waals surface area contributed by atoms with E-state index in [1.54, 1.807) is 5.37 Å². The van der Waals surface area contributed by atoms with E-state index in [2.05, 4.69) is 0 Å². The molecule has 0 aromatic heterocycles. The number of hydrogen-bond donors (Lipinski definition) is 1. The molecule has 1 atom stereocenters. The lowest BCUT2D eigenvalue weighted by Crippen LogP contribution is -2.36. The molecule has 1 fully saturated rings. The second-order valence-electron chi connectivity index (χ2n) is 5.79. The van der Waals surface area contributed by atoms with Gasteiger partial charge < -0.3 is 5.11 Å². The summed E-state index contributed by atoms with van der Waals surface area (Å²) in [5.74, 6) is 0.963. The summed E-state index contributed by atoms with van der Waals surface area (Å²) in [6.45, 7) is 0. The van der Waals surface area contributed by atoms with Crippen LogP contribution in [0.3, 0.4) is 0 Å². The third kappa shape index (κ3) is 3.60. The maximum Gasteiger partial charge on any atom is 0.0925 e. The van der Waals surface area contributed by atoms with Crippen LogP contribution < -0.4 is 0 Å². The van der Waals surface area contributed by atoms with Crippen molar-refractivity contribution >= 4 is 29.2 Å². The first-order valence-electron chi connectivity index (χ1n) is 7.55. The number of alkyl halides is 1. The number of rotatable bonds is 6. The van der Waals surface area contributed by atoms with Gasteiger partial charge in [0.25, 0.3) is 0 Å². The Balaban J connectivity index is 2.25. The molecule has 110 valence electrons. The fourth-order valence-corrected chi connectivity index (χ4v) is 3.64. The summed E-state index contributed by atoms with van der Waals surface area (Å²) in [5.41, 5.74) is 1.32. The molecule has 1 nitrogen and oxygen atoms in total. The van der Waals surface area contributed by atoms with Crippen molar-refractivity contribution in [2.75, 3.05) is 5.88 Å². The van der Waals surface area contributed by atoms with Gasteiger partial charge in [-0.15, -0.1) is 11.6 Å². The van der Waals surface area contributed by atoms with Crippen LogP contribution in [0.5, 0.6) is 0 Å². The van der Waals surface area contributed by atoms with E-state index >= 15 is 0 Å². The van der Waals surface area contributed by atoms with Gasteiger partial charge in [0.05, 0.1) is 5.60 Å². The van der Waals surface area contributed by atoms with Gasteiger partial charge >= 0.3 is 0 Å². The molecule has 1 aromatic carbocycles. The molecule has 1 aliphatic carbocycles. The predicted molar refractivity (Wildman–Crippen MR) is 89.6 cm³/mol. The Morgan fingerprint density at radius 2 is 1.85 bits per heavy atom. The summed E-state index contributed by atoms with van der Waals surface area (Å²) in [4.78, 5) is 0. The summed E-state index contributed by atoms with van der Waals surface area (Å²) >= 11 is 10.8. The van der Waals surface area contributed by atoms with Crippen LogP contribution in [0.25, 0.3) is 0 Å². The zero-order valence-electron chi connectivity index (χ0n) is 11.9. The molecule has 0 saturated heterocycles. The Bertz CT molecular complexity index is 425. The third-order valence-corrected chi connectivity index (χ3v) is 5.06. The minimum atomic E-state index is -0.727. The summed E-state index contributed by atoms with van der Waals surface area (Å²) < 4.78 is 0. The molecule has 1 saturated carbocycles. The number of aliphatic hydroxyl groups is 1. The lowest BCUT2D eigenvalue weighted by atomic mass is 9.71. The zero-order valence-corrected chi connectivity index (χ0v) is 13.4. The molecule has 0 aliphatic heterocycles. The fraction of sp³-hybridized carbons (Fsp3) is 0.588. The van der Waals surface area contributed by atoms with Crippen molar-refractivity contribution in [2.45, 2.75) is 50.5 Å². The van der Waals surface area contributed by atoms with Gasteiger partial charge in [-0.25, -0.2) is 0 Å². The fourth-order valence-electron chi connectivity index (χ4n) is 3.35. The normalized spacial score (nSPS) is 19.5. The number of thiocarbonyl (C=S) groups is 1. The van der Waals surface area contributed by atoms with Gasteiger partial charge in [0.15, 0.2) is 0 Å². The third-order valence-electron chi connectivity index (χ3n) is 4.52. The first-order chi connectivity index (χ1) is 9.70. The smallest absolute Gasteiger partial charge is 0.0925 e. The van der Waals surface area contributed by atoms with Crippen molar-refractivity contribution in [3.05, 3.63) is 35.4 Å². The molecular weight excluding hydrogens is 288 g/mol. The average molecular weight is 311 g/mol. The molecule has 1 N–H and O–H groups in total. The van der Waals surface area contributed by atoms with E-state index in [0.717, 1.165) is 36.8 Å². The van der Waals surface area contributed by atoms with Crippen molar-refractivity contribution in [1.29, 1.82) is 0 Å². The van der Waals surface area contributed by atoms with Gasteiger partial charge in [0.2, 0.25) is 0 Å². The number of halogens is 1. The van der Waals surface area contributed by atoms with Crippen molar-refractivity contribution in [3.8, 4) is 0 Å². The minimum Gasteiger partial charge on any atom is -0.385 e. The Morgan fingerprint density at radius 1 is 1.20 bits per heavy atom. The van der Waals surface area contributed by atoms with Crippen LogP contribution >= 0.6 is 23.8 Å². The standard InChI is InChI=1S/C17H23ClOS/c18-12-4-11-17(19,15-5-2-1-3-6-15)16-9-7-14(13-20)8-10-16/h7-10,13,15,19H,1-6,11-12H2. The van der Waals surface area contributed by atoms with Crippen LogP contribution in [0.2, 0.25) is 0 Å². The van der Waals surface area contributed by atoms with Gasteiger partial charge in [0.1, 0.15) is 0 Å². The van der Waals surface area contributed by atoms with Crippen LogP contribution in [-0.2, 0) is 5.60 Å². The van der Waals surface area contributed by atoms with Crippen LogP contribution in [0.1, 0.15) is 56.1 Å². The molecule has 0 spiro atoms. The maximum atomic E-state index is 11.3. The van der Waals surface area contributed by atoms with Crippen molar-refractivity contribution in [2.24, 2.45) is 5.92 Å². The van der Waals surface area contributed by atoms with E-state index < -0.39 is 5.60 Å². The predicted octanol–water partition coefficient (Wildman–Crippen LogP) is 4.82. The highest BCUT2D eigenvalue weighted by Gasteiger charge is 2.38. The molecule has 20 heavy (non-hydrogen) atoms. The van der Waals surface area contributed by atoms with Crippen molar-refractivity contribution in [3.63, 3.8) is 0 Å². The molecule has 0 heterocycles. The van der Waals surface area contributed by atoms with E-state index in [4.69, 9.17) is 23.8 Å². The number of hydrogen-bond acceptors (Lipinski definition) is 2. The molecular formula is C17H23ClOS. The quantitative estimate of drug-likeness (QED) is 0.600. The largest absolute Gasteiger partial charge is 0.385 e. The van der Waals surface area contributed by atoms with Gasteiger partial charge in [-0.1, -0.05) is 55.7 Å². The Hall–Kier alpha value is -0.440. The summed E-state index contributed by atoms with van der Waals surface area (Å²) in [5, 5.41) is 13.0. The topological polar surface area (TPSA) is 20.2 Å². The van der Waals surface area contributed by atoms with Crippen molar-refractivity contribution in [1.82, 2.24) is 0 Å². The Kier molecular flexibility index (Phi) is 6.01. The second-order valence-corrected chi connectivity index (χ2v) is 6.41. The molecule has 1 aromatic rings. The van der Waals surface area contributed by atoms with Crippen molar-refractivity contribution < 1.29 is 5.11 Å². The van der Waals surface area contributed by atoms with Gasteiger partial charge in [0, 0.05) is 11.2 Å². The maximum absolute atomic E-state index is 11.3. The highest BCUT2D eigenvalue weighted by Crippen LogP contribution is 2.42. The monoisotopic (exact) mass is 310 g/mol. The lowest BCUT2D eigenvalue weighted by molar-refractivity contribution is -0.0465. The number of benzene rings is 1. The van der Waals surface area contributed by atoms with Gasteiger partial charge in [-0.05, 0) is 42.7 Å². The second kappa shape index (κ2) is 7.53. The Morgan fingerprint density at radius 3 is 2.40 bits per heavy atom. The van der Waals surface area contributed by atoms with Gasteiger partial charge in [-0.3, -0.25) is 0 Å². The van der Waals surface area contributed by atoms with Gasteiger partial charge in [-0.2, -0.15) is 0 Å². The summed E-state index contributed by atoms with van der Waals surface area (Å²) in [7, 11) is 0. The molecule has 1 unspecified atom stereocenters. The van der Waals surface area contributed by atoms with Crippen LogP contribution in [0, 0.1) is 5.92 Å². The summed E-state index contributed by atoms with van der Waals surface area (Å²) in [6, 6.07) is 8.05.